The molecule has 0 saturated heterocycles. The summed E-state index contributed by atoms with van der Waals surface area (Å²) < 4.78 is 30.5. The molecule has 0 unspecified atom stereocenters. The molecule has 32 heavy (non-hydrogen) atoms. The zero-order valence-electron chi connectivity index (χ0n) is 21.2. The Hall–Kier alpha value is -0.620. The molecule has 1 aliphatic carbocycles. The summed E-state index contributed by atoms with van der Waals surface area (Å²) in [6, 6.07) is 0. The van der Waals surface area contributed by atoms with Crippen LogP contribution in [-0.4, -0.2) is 12.7 Å². The molecule has 0 bridgehead atoms. The van der Waals surface area contributed by atoms with Crippen molar-refractivity contribution in [1.82, 2.24) is 0 Å². The zero-order chi connectivity index (χ0) is 23.2. The molecule has 0 aromatic rings. The fraction of sp³-hybridized carbons (Fsp3) is 0.931. The lowest BCUT2D eigenvalue weighted by Crippen LogP contribution is -2.18. The van der Waals surface area contributed by atoms with E-state index in [2.05, 4.69) is 10.7 Å². The van der Waals surface area contributed by atoms with E-state index in [1.165, 1.54) is 135 Å². The van der Waals surface area contributed by atoms with Crippen molar-refractivity contribution in [2.24, 2.45) is 5.92 Å². The van der Waals surface area contributed by atoms with Crippen LogP contribution in [0, 0.1) is 17.8 Å². The maximum Gasteiger partial charge on any atom is 0.423 e. The largest absolute Gasteiger partial charge is 0.423 e. The van der Waals surface area contributed by atoms with Crippen LogP contribution in [-0.2, 0) is 4.74 Å². The highest BCUT2D eigenvalue weighted by Crippen LogP contribution is 2.26. The third-order valence-electron chi connectivity index (χ3n) is 7.04. The average Bonchev–Trinajstić information content (AvgIpc) is 2.74. The molecule has 0 aromatic heterocycles. The lowest BCUT2D eigenvalue weighted by molar-refractivity contribution is -0.192. The van der Waals surface area contributed by atoms with E-state index in [1.807, 2.05) is 0 Å². The van der Waals surface area contributed by atoms with Crippen molar-refractivity contribution >= 4 is 0 Å². The van der Waals surface area contributed by atoms with Crippen LogP contribution in [0.2, 0.25) is 0 Å². The van der Waals surface area contributed by atoms with E-state index in [1.54, 1.807) is 5.92 Å². The van der Waals surface area contributed by atoms with Gasteiger partial charge in [0.25, 0.3) is 0 Å². The monoisotopic (exact) mass is 454 g/mol. The van der Waals surface area contributed by atoms with Gasteiger partial charge in [-0.1, -0.05) is 147 Å². The number of hydrogen-bond acceptors (Lipinski definition) is 1. The molecule has 188 valence electrons. The smallest absolute Gasteiger partial charge is 0.310 e. The van der Waals surface area contributed by atoms with Gasteiger partial charge in [-0.2, -0.15) is 8.78 Å². The first-order chi connectivity index (χ1) is 15.6. The van der Waals surface area contributed by atoms with Gasteiger partial charge in [0, 0.05) is 5.92 Å². The first kappa shape index (κ1) is 29.4. The summed E-state index contributed by atoms with van der Waals surface area (Å²) in [6.45, 7) is 1.50. The van der Waals surface area contributed by atoms with Gasteiger partial charge in [-0.3, -0.25) is 0 Å². The second kappa shape index (κ2) is 20.9. The van der Waals surface area contributed by atoms with Gasteiger partial charge in [0.15, 0.2) is 0 Å². The Morgan fingerprint density at radius 2 is 1.03 bits per heavy atom. The minimum atomic E-state index is -3.28. The highest BCUT2D eigenvalue weighted by Gasteiger charge is 2.26. The van der Waals surface area contributed by atoms with E-state index < -0.39 is 6.11 Å². The van der Waals surface area contributed by atoms with Crippen LogP contribution in [0.5, 0.6) is 0 Å². The minimum absolute atomic E-state index is 0.0994. The van der Waals surface area contributed by atoms with Gasteiger partial charge in [0.2, 0.25) is 0 Å². The minimum Gasteiger partial charge on any atom is -0.310 e. The van der Waals surface area contributed by atoms with Crippen molar-refractivity contribution in [1.29, 1.82) is 0 Å². The van der Waals surface area contributed by atoms with Crippen LogP contribution >= 0.6 is 0 Å². The van der Waals surface area contributed by atoms with Gasteiger partial charge < -0.3 is 4.74 Å². The number of halogens is 2. The van der Waals surface area contributed by atoms with Crippen LogP contribution in [0.1, 0.15) is 155 Å². The number of unbranched alkanes of at least 4 members (excludes halogenated alkanes) is 14. The van der Waals surface area contributed by atoms with Crippen molar-refractivity contribution in [3.63, 3.8) is 0 Å². The molecular weight excluding hydrogens is 402 g/mol. The van der Waals surface area contributed by atoms with E-state index in [4.69, 9.17) is 0 Å². The molecule has 1 saturated carbocycles. The van der Waals surface area contributed by atoms with Crippen LogP contribution in [0.4, 0.5) is 8.78 Å². The van der Waals surface area contributed by atoms with Crippen molar-refractivity contribution < 1.29 is 13.5 Å². The molecule has 3 heteroatoms. The van der Waals surface area contributed by atoms with E-state index in [0.717, 1.165) is 18.8 Å². The van der Waals surface area contributed by atoms with Gasteiger partial charge in [0.05, 0.1) is 6.61 Å². The van der Waals surface area contributed by atoms with E-state index >= 15 is 0 Å². The summed E-state index contributed by atoms with van der Waals surface area (Å²) in [6.07, 6.45) is 28.0. The molecule has 1 rings (SSSR count). The number of ether oxygens (including phenoxy) is 1. The predicted molar refractivity (Wildman–Crippen MR) is 134 cm³/mol. The Balaban J connectivity index is 1.73. The van der Waals surface area contributed by atoms with E-state index in [0.29, 0.717) is 6.42 Å². The Bertz CT molecular complexity index is 458. The predicted octanol–water partition coefficient (Wildman–Crippen LogP) is 10.2. The third-order valence-corrected chi connectivity index (χ3v) is 7.04. The lowest BCUT2D eigenvalue weighted by atomic mass is 9.87. The topological polar surface area (TPSA) is 9.23 Å². The van der Waals surface area contributed by atoms with E-state index in [9.17, 15) is 8.78 Å². The summed E-state index contributed by atoms with van der Waals surface area (Å²) in [5.41, 5.74) is 0. The first-order valence-corrected chi connectivity index (χ1v) is 14.1. The van der Waals surface area contributed by atoms with Gasteiger partial charge >= 0.3 is 6.11 Å². The van der Waals surface area contributed by atoms with Crippen LogP contribution in [0.3, 0.4) is 0 Å². The van der Waals surface area contributed by atoms with Gasteiger partial charge in [-0.25, -0.2) is 0 Å². The SMILES string of the molecule is CC#CC(F)(F)OCCCCCCCCCCCCCCCCCC1CCCCCCC1. The molecule has 0 spiro atoms. The summed E-state index contributed by atoms with van der Waals surface area (Å²) in [5.74, 6) is 5.03. The molecular formula is C29H52F2O. The highest BCUT2D eigenvalue weighted by atomic mass is 19.3. The zero-order valence-corrected chi connectivity index (χ0v) is 21.2. The molecule has 0 heterocycles. The number of rotatable bonds is 19. The molecule has 1 aliphatic rings. The van der Waals surface area contributed by atoms with Gasteiger partial charge in [-0.15, -0.1) is 0 Å². The Labute approximate surface area is 198 Å². The Morgan fingerprint density at radius 3 is 1.50 bits per heavy atom. The van der Waals surface area contributed by atoms with Gasteiger partial charge in [0.1, 0.15) is 0 Å². The molecule has 0 radical (unpaired) electrons. The van der Waals surface area contributed by atoms with Crippen molar-refractivity contribution in [3.8, 4) is 11.8 Å². The standard InChI is InChI=1S/C29H52F2O/c1-2-26-29(30,31)32-27-22-18-13-11-9-7-5-3-4-6-8-10-12-15-19-23-28-24-20-16-14-17-21-25-28/h28H,3-25,27H2,1H3. The highest BCUT2D eigenvalue weighted by molar-refractivity contribution is 5.02. The molecule has 0 amide bonds. The van der Waals surface area contributed by atoms with Crippen molar-refractivity contribution in [2.45, 2.75) is 161 Å². The summed E-state index contributed by atoms with van der Waals surface area (Å²) in [5, 5.41) is 0. The fourth-order valence-electron chi connectivity index (χ4n) is 5.04. The molecule has 1 nitrogen and oxygen atoms in total. The normalized spacial score (nSPS) is 15.7. The maximum absolute atomic E-state index is 13.0. The molecule has 0 N–H and O–H groups in total. The Kier molecular flexibility index (Phi) is 19.3. The first-order valence-electron chi connectivity index (χ1n) is 14.1. The van der Waals surface area contributed by atoms with Crippen LogP contribution in [0.15, 0.2) is 0 Å². The molecule has 0 atom stereocenters. The third kappa shape index (κ3) is 18.9. The second-order valence-corrected chi connectivity index (χ2v) is 10.0. The molecule has 0 aliphatic heterocycles. The van der Waals surface area contributed by atoms with Crippen molar-refractivity contribution in [3.05, 3.63) is 0 Å². The fourth-order valence-corrected chi connectivity index (χ4v) is 5.04. The second-order valence-electron chi connectivity index (χ2n) is 10.0. The average molecular weight is 455 g/mol. The van der Waals surface area contributed by atoms with Crippen LogP contribution in [0.25, 0.3) is 0 Å². The maximum atomic E-state index is 13.0. The molecule has 0 aromatic carbocycles. The van der Waals surface area contributed by atoms with Crippen LogP contribution < -0.4 is 0 Å². The van der Waals surface area contributed by atoms with E-state index in [-0.39, 0.29) is 6.61 Å². The summed E-state index contributed by atoms with van der Waals surface area (Å²) >= 11 is 0. The number of alkyl halides is 2. The number of hydrogen-bond donors (Lipinski definition) is 0. The summed E-state index contributed by atoms with van der Waals surface area (Å²) in [7, 11) is 0. The molecule has 1 fully saturated rings. The Morgan fingerprint density at radius 1 is 0.625 bits per heavy atom. The summed E-state index contributed by atoms with van der Waals surface area (Å²) in [4.78, 5) is 0. The van der Waals surface area contributed by atoms with Gasteiger partial charge in [-0.05, 0) is 19.3 Å². The quantitative estimate of drug-likeness (QED) is 0.139. The lowest BCUT2D eigenvalue weighted by Gasteiger charge is -2.19. The van der Waals surface area contributed by atoms with Crippen molar-refractivity contribution in [2.75, 3.05) is 6.61 Å².